The fraction of sp³-hybridized carbons (Fsp3) is 0.471. The van der Waals surface area contributed by atoms with Crippen LogP contribution in [0.1, 0.15) is 32.3 Å². The zero-order valence-corrected chi connectivity index (χ0v) is 14.0. The molecule has 0 heterocycles. The average Bonchev–Trinajstić information content (AvgIpc) is 2.55. The highest BCUT2D eigenvalue weighted by molar-refractivity contribution is 5.84. The highest BCUT2D eigenvalue weighted by atomic mass is 16.5. The number of amides is 2. The van der Waals surface area contributed by atoms with Crippen LogP contribution < -0.4 is 11.1 Å². The zero-order valence-electron chi connectivity index (χ0n) is 14.0. The third kappa shape index (κ3) is 8.17. The second kappa shape index (κ2) is 10.3. The van der Waals surface area contributed by atoms with Crippen molar-refractivity contribution in [3.05, 3.63) is 35.9 Å². The third-order valence-electron chi connectivity index (χ3n) is 3.06. The van der Waals surface area contributed by atoms with Crippen LogP contribution in [-0.2, 0) is 25.7 Å². The van der Waals surface area contributed by atoms with Crippen molar-refractivity contribution in [1.82, 2.24) is 5.32 Å². The second-order valence-corrected chi connectivity index (χ2v) is 5.78. The van der Waals surface area contributed by atoms with Gasteiger partial charge in [-0.2, -0.15) is 0 Å². The Bertz CT molecular complexity index is 545. The highest BCUT2D eigenvalue weighted by Gasteiger charge is 2.20. The molecule has 0 saturated heterocycles. The van der Waals surface area contributed by atoms with Gasteiger partial charge in [-0.1, -0.05) is 44.2 Å². The molecule has 132 valence electrons. The Hall–Kier alpha value is -2.57. The molecule has 0 aliphatic heterocycles. The van der Waals surface area contributed by atoms with Gasteiger partial charge in [-0.15, -0.1) is 0 Å². The van der Waals surface area contributed by atoms with E-state index in [9.17, 15) is 14.4 Å². The van der Waals surface area contributed by atoms with Crippen LogP contribution in [0.3, 0.4) is 0 Å². The Morgan fingerprint density at radius 1 is 1.12 bits per heavy atom. The summed E-state index contributed by atoms with van der Waals surface area (Å²) in [7, 11) is 0. The number of benzene rings is 1. The summed E-state index contributed by atoms with van der Waals surface area (Å²) in [5, 5.41) is 2.36. The molecule has 0 aliphatic carbocycles. The van der Waals surface area contributed by atoms with Gasteiger partial charge in [0.05, 0.1) is 6.61 Å². The van der Waals surface area contributed by atoms with Gasteiger partial charge in [-0.3, -0.25) is 9.59 Å². The van der Waals surface area contributed by atoms with E-state index in [4.69, 9.17) is 15.2 Å². The Morgan fingerprint density at radius 3 is 2.38 bits per heavy atom. The molecule has 24 heavy (non-hydrogen) atoms. The maximum Gasteiger partial charge on any atom is 0.407 e. The first-order chi connectivity index (χ1) is 11.4. The minimum atomic E-state index is -0.978. The standard InChI is InChI=1S/C17H24N2O5/c1-12(2)10-24-17(22)19-14(16(18)21)8-9-15(20)23-11-13-6-4-3-5-7-13/h3-7,12,14H,8-11H2,1-2H3,(H2,18,21)(H,19,22)/t14-/m1/s1. The first-order valence-electron chi connectivity index (χ1n) is 7.80. The second-order valence-electron chi connectivity index (χ2n) is 5.78. The molecule has 0 aliphatic rings. The molecule has 0 spiro atoms. The van der Waals surface area contributed by atoms with Crippen molar-refractivity contribution in [1.29, 1.82) is 0 Å². The summed E-state index contributed by atoms with van der Waals surface area (Å²) in [6.45, 7) is 4.17. The molecule has 1 aromatic rings. The van der Waals surface area contributed by atoms with E-state index in [0.29, 0.717) is 0 Å². The Kier molecular flexibility index (Phi) is 8.32. The summed E-state index contributed by atoms with van der Waals surface area (Å²) in [6.07, 6.45) is -0.713. The van der Waals surface area contributed by atoms with Crippen LogP contribution in [0, 0.1) is 5.92 Å². The van der Waals surface area contributed by atoms with E-state index >= 15 is 0 Å². The van der Waals surface area contributed by atoms with Gasteiger partial charge in [-0.25, -0.2) is 4.79 Å². The Balaban J connectivity index is 2.35. The first-order valence-corrected chi connectivity index (χ1v) is 7.80. The molecule has 0 fully saturated rings. The number of carbonyl (C=O) groups excluding carboxylic acids is 3. The summed E-state index contributed by atoms with van der Waals surface area (Å²) >= 11 is 0. The van der Waals surface area contributed by atoms with E-state index in [2.05, 4.69) is 5.32 Å². The molecular formula is C17H24N2O5. The minimum absolute atomic E-state index is 0.0368. The van der Waals surface area contributed by atoms with Gasteiger partial charge in [0, 0.05) is 6.42 Å². The number of nitrogens with two attached hydrogens (primary N) is 1. The lowest BCUT2D eigenvalue weighted by molar-refractivity contribution is -0.145. The van der Waals surface area contributed by atoms with Crippen LogP contribution in [0.25, 0.3) is 0 Å². The smallest absolute Gasteiger partial charge is 0.407 e. The summed E-state index contributed by atoms with van der Waals surface area (Å²) < 4.78 is 10.0. The fourth-order valence-corrected chi connectivity index (χ4v) is 1.78. The number of rotatable bonds is 9. The molecule has 0 unspecified atom stereocenters. The molecule has 0 bridgehead atoms. The Morgan fingerprint density at radius 2 is 1.79 bits per heavy atom. The van der Waals surface area contributed by atoms with E-state index in [1.165, 1.54) is 0 Å². The number of hydrogen-bond donors (Lipinski definition) is 2. The van der Waals surface area contributed by atoms with Crippen LogP contribution in [0.15, 0.2) is 30.3 Å². The van der Waals surface area contributed by atoms with E-state index in [1.807, 2.05) is 44.2 Å². The lowest BCUT2D eigenvalue weighted by atomic mass is 10.1. The largest absolute Gasteiger partial charge is 0.461 e. The van der Waals surface area contributed by atoms with Crippen molar-refractivity contribution in [3.63, 3.8) is 0 Å². The van der Waals surface area contributed by atoms with Gasteiger partial charge < -0.3 is 20.5 Å². The molecule has 7 heteroatoms. The molecule has 3 N–H and O–H groups in total. The quantitative estimate of drug-likeness (QED) is 0.668. The van der Waals surface area contributed by atoms with Crippen LogP contribution in [-0.4, -0.2) is 30.6 Å². The molecule has 1 rings (SSSR count). The fourth-order valence-electron chi connectivity index (χ4n) is 1.78. The summed E-state index contributed by atoms with van der Waals surface area (Å²) in [4.78, 5) is 34.7. The highest BCUT2D eigenvalue weighted by Crippen LogP contribution is 2.05. The van der Waals surface area contributed by atoms with Gasteiger partial charge >= 0.3 is 12.1 Å². The molecule has 2 amide bonds. The maximum absolute atomic E-state index is 11.7. The predicted molar refractivity (Wildman–Crippen MR) is 87.8 cm³/mol. The number of esters is 1. The molecule has 0 aromatic heterocycles. The summed E-state index contributed by atoms with van der Waals surface area (Å²) in [5.74, 6) is -1.02. The first kappa shape index (κ1) is 19.5. The monoisotopic (exact) mass is 336 g/mol. The van der Waals surface area contributed by atoms with Crippen LogP contribution in [0.5, 0.6) is 0 Å². The van der Waals surface area contributed by atoms with Crippen molar-refractivity contribution >= 4 is 18.0 Å². The number of ether oxygens (including phenoxy) is 2. The molecule has 1 atom stereocenters. The molecule has 0 radical (unpaired) electrons. The molecule has 1 aromatic carbocycles. The van der Waals surface area contributed by atoms with Crippen LogP contribution >= 0.6 is 0 Å². The normalized spacial score (nSPS) is 11.6. The minimum Gasteiger partial charge on any atom is -0.461 e. The van der Waals surface area contributed by atoms with E-state index in [1.54, 1.807) is 0 Å². The van der Waals surface area contributed by atoms with Gasteiger partial charge in [0.1, 0.15) is 12.6 Å². The van der Waals surface area contributed by atoms with Crippen molar-refractivity contribution in [2.45, 2.75) is 39.3 Å². The van der Waals surface area contributed by atoms with Gasteiger partial charge in [-0.05, 0) is 17.9 Å². The molecular weight excluding hydrogens is 312 g/mol. The van der Waals surface area contributed by atoms with Crippen LogP contribution in [0.2, 0.25) is 0 Å². The molecule has 7 nitrogen and oxygen atoms in total. The summed E-state index contributed by atoms with van der Waals surface area (Å²) in [6, 6.07) is 8.26. The van der Waals surface area contributed by atoms with Crippen molar-refractivity contribution < 1.29 is 23.9 Å². The topological polar surface area (TPSA) is 108 Å². The maximum atomic E-state index is 11.7. The van der Waals surface area contributed by atoms with Crippen molar-refractivity contribution in [2.24, 2.45) is 11.7 Å². The SMILES string of the molecule is CC(C)COC(=O)N[C@H](CCC(=O)OCc1ccccc1)C(N)=O. The summed E-state index contributed by atoms with van der Waals surface area (Å²) in [5.41, 5.74) is 6.10. The predicted octanol–water partition coefficient (Wildman–Crippen LogP) is 1.75. The van der Waals surface area contributed by atoms with Gasteiger partial charge in [0.25, 0.3) is 0 Å². The van der Waals surface area contributed by atoms with Crippen molar-refractivity contribution in [2.75, 3.05) is 6.61 Å². The Labute approximate surface area is 141 Å². The van der Waals surface area contributed by atoms with Crippen LogP contribution in [0.4, 0.5) is 4.79 Å². The van der Waals surface area contributed by atoms with E-state index in [-0.39, 0.29) is 32.0 Å². The molecule has 0 saturated carbocycles. The lowest BCUT2D eigenvalue weighted by Gasteiger charge is -2.15. The average molecular weight is 336 g/mol. The number of primary amides is 1. The number of carbonyl (C=O) groups is 3. The third-order valence-corrected chi connectivity index (χ3v) is 3.06. The zero-order chi connectivity index (χ0) is 17.9. The number of alkyl carbamates (subject to hydrolysis) is 1. The van der Waals surface area contributed by atoms with Crippen molar-refractivity contribution in [3.8, 4) is 0 Å². The van der Waals surface area contributed by atoms with Gasteiger partial charge in [0.15, 0.2) is 0 Å². The van der Waals surface area contributed by atoms with Gasteiger partial charge in [0.2, 0.25) is 5.91 Å². The lowest BCUT2D eigenvalue weighted by Crippen LogP contribution is -2.45. The van der Waals surface area contributed by atoms with E-state index < -0.39 is 24.0 Å². The number of hydrogen-bond acceptors (Lipinski definition) is 5. The van der Waals surface area contributed by atoms with E-state index in [0.717, 1.165) is 5.56 Å². The number of nitrogens with one attached hydrogen (secondary N) is 1.